The van der Waals surface area contributed by atoms with Gasteiger partial charge in [0.25, 0.3) is 0 Å². The number of H-pyrrole nitrogens is 1. The third-order valence-electron chi connectivity index (χ3n) is 4.46. The maximum atomic E-state index is 12.7. The lowest BCUT2D eigenvalue weighted by molar-refractivity contribution is -0.118. The molecule has 3 aromatic rings. The average Bonchev–Trinajstić information content (AvgIpc) is 3.18. The largest absolute Gasteiger partial charge is 0.493 e. The number of nitrogens with one attached hydrogen (secondary N) is 2. The van der Waals surface area contributed by atoms with Gasteiger partial charge in [-0.25, -0.2) is 0 Å². The van der Waals surface area contributed by atoms with E-state index < -0.39 is 11.8 Å². The second-order valence-corrected chi connectivity index (χ2v) is 6.19. The molecule has 1 amide bonds. The Bertz CT molecular complexity index is 1010. The number of benzene rings is 2. The number of ether oxygens (including phenoxy) is 3. The Morgan fingerprint density at radius 3 is 2.43 bits per heavy atom. The van der Waals surface area contributed by atoms with Crippen LogP contribution in [0.5, 0.6) is 17.2 Å². The molecule has 1 atom stereocenters. The van der Waals surface area contributed by atoms with E-state index in [-0.39, 0.29) is 0 Å². The van der Waals surface area contributed by atoms with Gasteiger partial charge in [0.1, 0.15) is 5.92 Å². The SMILES string of the molecule is COc1cc(NC(=O)[C@H](C#N)Cc2ccc3[nH]ccc3c2)cc(OC)c1OC. The first-order valence-electron chi connectivity index (χ1n) is 8.66. The molecule has 3 rings (SSSR count). The molecular weight excluding hydrogens is 358 g/mol. The van der Waals surface area contributed by atoms with Gasteiger partial charge in [0.15, 0.2) is 11.5 Å². The number of aromatic nitrogens is 1. The summed E-state index contributed by atoms with van der Waals surface area (Å²) in [5, 5.41) is 13.3. The molecule has 2 aromatic carbocycles. The Morgan fingerprint density at radius 2 is 1.82 bits per heavy atom. The number of hydrogen-bond acceptors (Lipinski definition) is 5. The summed E-state index contributed by atoms with van der Waals surface area (Å²) < 4.78 is 15.9. The summed E-state index contributed by atoms with van der Waals surface area (Å²) in [6.45, 7) is 0. The van der Waals surface area contributed by atoms with Gasteiger partial charge in [-0.15, -0.1) is 0 Å². The molecular formula is C21H21N3O4. The van der Waals surface area contributed by atoms with Gasteiger partial charge in [-0.1, -0.05) is 6.07 Å². The molecule has 0 bridgehead atoms. The van der Waals surface area contributed by atoms with Crippen LogP contribution in [0.4, 0.5) is 5.69 Å². The number of anilines is 1. The zero-order valence-corrected chi connectivity index (χ0v) is 15.9. The zero-order valence-electron chi connectivity index (χ0n) is 15.9. The van der Waals surface area contributed by atoms with Crippen molar-refractivity contribution in [1.82, 2.24) is 4.98 Å². The number of carbonyl (C=O) groups excluding carboxylic acids is 1. The normalized spacial score (nSPS) is 11.5. The summed E-state index contributed by atoms with van der Waals surface area (Å²) in [7, 11) is 4.50. The first-order valence-corrected chi connectivity index (χ1v) is 8.66. The Balaban J connectivity index is 1.79. The van der Waals surface area contributed by atoms with Crippen LogP contribution in [0.15, 0.2) is 42.6 Å². The van der Waals surface area contributed by atoms with Gasteiger partial charge in [-0.2, -0.15) is 5.26 Å². The van der Waals surface area contributed by atoms with E-state index in [1.807, 2.05) is 30.5 Å². The summed E-state index contributed by atoms with van der Waals surface area (Å²) in [5.41, 5.74) is 2.39. The van der Waals surface area contributed by atoms with Gasteiger partial charge in [-0.3, -0.25) is 4.79 Å². The van der Waals surface area contributed by atoms with Crippen LogP contribution < -0.4 is 19.5 Å². The van der Waals surface area contributed by atoms with Crippen molar-refractivity contribution in [1.29, 1.82) is 5.26 Å². The fourth-order valence-electron chi connectivity index (χ4n) is 3.05. The molecule has 7 nitrogen and oxygen atoms in total. The van der Waals surface area contributed by atoms with Crippen molar-refractivity contribution < 1.29 is 19.0 Å². The molecule has 0 aliphatic rings. The number of nitriles is 1. The maximum absolute atomic E-state index is 12.7. The summed E-state index contributed by atoms with van der Waals surface area (Å²) in [6.07, 6.45) is 2.17. The third-order valence-corrected chi connectivity index (χ3v) is 4.46. The molecule has 0 aliphatic carbocycles. The van der Waals surface area contributed by atoms with E-state index >= 15 is 0 Å². The molecule has 0 saturated heterocycles. The molecule has 0 radical (unpaired) electrons. The highest BCUT2D eigenvalue weighted by atomic mass is 16.5. The predicted molar refractivity (Wildman–Crippen MR) is 106 cm³/mol. The fourth-order valence-corrected chi connectivity index (χ4v) is 3.05. The third kappa shape index (κ3) is 3.86. The van der Waals surface area contributed by atoms with E-state index in [2.05, 4.69) is 16.4 Å². The molecule has 0 spiro atoms. The topological polar surface area (TPSA) is 96.4 Å². The molecule has 0 unspecified atom stereocenters. The van der Waals surface area contributed by atoms with Crippen molar-refractivity contribution in [2.24, 2.45) is 5.92 Å². The first-order chi connectivity index (χ1) is 13.6. The van der Waals surface area contributed by atoms with Crippen LogP contribution in [0.2, 0.25) is 0 Å². The Kier molecular flexibility index (Phi) is 5.70. The maximum Gasteiger partial charge on any atom is 0.242 e. The number of hydrogen-bond donors (Lipinski definition) is 2. The lowest BCUT2D eigenvalue weighted by atomic mass is 9.98. The van der Waals surface area contributed by atoms with Crippen LogP contribution in [-0.2, 0) is 11.2 Å². The van der Waals surface area contributed by atoms with Gasteiger partial charge in [0.05, 0.1) is 27.4 Å². The Labute approximate surface area is 162 Å². The number of aromatic amines is 1. The van der Waals surface area contributed by atoms with Gasteiger partial charge < -0.3 is 24.5 Å². The highest BCUT2D eigenvalue weighted by molar-refractivity contribution is 5.95. The highest BCUT2D eigenvalue weighted by Gasteiger charge is 2.21. The standard InChI is InChI=1S/C21H21N3O4/c1-26-18-10-16(11-19(27-2)20(18)28-3)24-21(25)15(12-22)9-13-4-5-17-14(8-13)6-7-23-17/h4-8,10-11,15,23H,9H2,1-3H3,(H,24,25)/t15-/m0/s1. The molecule has 0 aliphatic heterocycles. The molecule has 0 saturated carbocycles. The van der Waals surface area contributed by atoms with Gasteiger partial charge in [0, 0.05) is 29.5 Å². The minimum atomic E-state index is -0.838. The number of rotatable bonds is 7. The lowest BCUT2D eigenvalue weighted by Gasteiger charge is -2.16. The van der Waals surface area contributed by atoms with E-state index in [9.17, 15) is 10.1 Å². The van der Waals surface area contributed by atoms with E-state index in [1.54, 1.807) is 12.1 Å². The fraction of sp³-hybridized carbons (Fsp3) is 0.238. The second kappa shape index (κ2) is 8.35. The number of fused-ring (bicyclic) bond motifs is 1. The average molecular weight is 379 g/mol. The summed E-state index contributed by atoms with van der Waals surface area (Å²) in [6, 6.07) is 13.1. The summed E-state index contributed by atoms with van der Waals surface area (Å²) in [5.74, 6) is 0.0354. The van der Waals surface area contributed by atoms with Crippen LogP contribution in [-0.4, -0.2) is 32.2 Å². The van der Waals surface area contributed by atoms with Gasteiger partial charge in [-0.05, 0) is 35.6 Å². The van der Waals surface area contributed by atoms with Crippen LogP contribution in [0.1, 0.15) is 5.56 Å². The van der Waals surface area contributed by atoms with Gasteiger partial charge >= 0.3 is 0 Å². The van der Waals surface area contributed by atoms with Crippen molar-refractivity contribution in [3.63, 3.8) is 0 Å². The molecule has 7 heteroatoms. The predicted octanol–water partition coefficient (Wildman–Crippen LogP) is 3.51. The molecule has 0 fully saturated rings. The summed E-state index contributed by atoms with van der Waals surface area (Å²) >= 11 is 0. The summed E-state index contributed by atoms with van der Waals surface area (Å²) in [4.78, 5) is 15.8. The second-order valence-electron chi connectivity index (χ2n) is 6.19. The van der Waals surface area contributed by atoms with Crippen LogP contribution in [0, 0.1) is 17.2 Å². The van der Waals surface area contributed by atoms with E-state index in [0.29, 0.717) is 29.4 Å². The van der Waals surface area contributed by atoms with Crippen molar-refractivity contribution in [3.05, 3.63) is 48.2 Å². The number of carbonyl (C=O) groups is 1. The van der Waals surface area contributed by atoms with Crippen molar-refractivity contribution in [2.75, 3.05) is 26.6 Å². The Morgan fingerprint density at radius 1 is 1.11 bits per heavy atom. The van der Waals surface area contributed by atoms with E-state index in [4.69, 9.17) is 14.2 Å². The Hall–Kier alpha value is -3.66. The minimum Gasteiger partial charge on any atom is -0.493 e. The van der Waals surface area contributed by atoms with Crippen LogP contribution >= 0.6 is 0 Å². The van der Waals surface area contributed by atoms with Crippen molar-refractivity contribution in [3.8, 4) is 23.3 Å². The molecule has 2 N–H and O–H groups in total. The lowest BCUT2D eigenvalue weighted by Crippen LogP contribution is -2.23. The first kappa shape index (κ1) is 19.1. The van der Waals surface area contributed by atoms with E-state index in [1.165, 1.54) is 21.3 Å². The monoisotopic (exact) mass is 379 g/mol. The minimum absolute atomic E-state index is 0.313. The molecule has 1 aromatic heterocycles. The molecule has 28 heavy (non-hydrogen) atoms. The van der Waals surface area contributed by atoms with Crippen molar-refractivity contribution >= 4 is 22.5 Å². The highest BCUT2D eigenvalue weighted by Crippen LogP contribution is 2.40. The smallest absolute Gasteiger partial charge is 0.242 e. The quantitative estimate of drug-likeness (QED) is 0.655. The van der Waals surface area contributed by atoms with E-state index in [0.717, 1.165) is 16.5 Å². The van der Waals surface area contributed by atoms with Gasteiger partial charge in [0.2, 0.25) is 11.7 Å². The molecule has 1 heterocycles. The number of amides is 1. The molecule has 144 valence electrons. The van der Waals surface area contributed by atoms with Crippen LogP contribution in [0.3, 0.4) is 0 Å². The number of methoxy groups -OCH3 is 3. The number of nitrogens with zero attached hydrogens (tertiary/aromatic N) is 1. The van der Waals surface area contributed by atoms with Crippen LogP contribution in [0.25, 0.3) is 10.9 Å². The van der Waals surface area contributed by atoms with Crippen molar-refractivity contribution in [2.45, 2.75) is 6.42 Å². The zero-order chi connectivity index (χ0) is 20.1.